The van der Waals surface area contributed by atoms with Crippen molar-refractivity contribution in [1.82, 2.24) is 5.32 Å². The summed E-state index contributed by atoms with van der Waals surface area (Å²) in [6, 6.07) is 6.43. The van der Waals surface area contributed by atoms with Crippen molar-refractivity contribution in [3.8, 4) is 0 Å². The minimum atomic E-state index is -0.958. The van der Waals surface area contributed by atoms with Gasteiger partial charge in [0.1, 0.15) is 5.82 Å². The molecule has 0 saturated heterocycles. The van der Waals surface area contributed by atoms with E-state index in [0.29, 0.717) is 18.4 Å². The number of hydrogen-bond acceptors (Lipinski definition) is 3. The van der Waals surface area contributed by atoms with Crippen molar-refractivity contribution in [2.45, 2.75) is 63.8 Å². The molecule has 2 rings (SSSR count). The predicted molar refractivity (Wildman–Crippen MR) is 90.0 cm³/mol. The number of carbonyl (C=O) groups is 2. The fourth-order valence-electron chi connectivity index (χ4n) is 3.44. The highest BCUT2D eigenvalue weighted by molar-refractivity contribution is 5.86. The van der Waals surface area contributed by atoms with E-state index in [0.717, 1.165) is 25.7 Å². The SMILES string of the molecule is CCC(CC)NC(=O)COC(=O)C1(c2ccccc2F)CCCC1. The summed E-state index contributed by atoms with van der Waals surface area (Å²) < 4.78 is 19.5. The van der Waals surface area contributed by atoms with Crippen LogP contribution in [0.15, 0.2) is 24.3 Å². The molecular formula is C19H26FNO3. The van der Waals surface area contributed by atoms with Gasteiger partial charge in [-0.1, -0.05) is 44.9 Å². The van der Waals surface area contributed by atoms with Crippen molar-refractivity contribution < 1.29 is 18.7 Å². The van der Waals surface area contributed by atoms with Crippen LogP contribution in [0.1, 0.15) is 57.9 Å². The van der Waals surface area contributed by atoms with Crippen LogP contribution >= 0.6 is 0 Å². The molecule has 0 unspecified atom stereocenters. The molecule has 5 heteroatoms. The highest BCUT2D eigenvalue weighted by Crippen LogP contribution is 2.43. The van der Waals surface area contributed by atoms with Crippen LogP contribution in [0.3, 0.4) is 0 Å². The monoisotopic (exact) mass is 335 g/mol. The molecule has 1 amide bonds. The Kier molecular flexibility index (Phi) is 6.35. The van der Waals surface area contributed by atoms with Gasteiger partial charge in [-0.15, -0.1) is 0 Å². The summed E-state index contributed by atoms with van der Waals surface area (Å²) in [5, 5.41) is 2.84. The second-order valence-corrected chi connectivity index (χ2v) is 6.43. The molecular weight excluding hydrogens is 309 g/mol. The third-order valence-electron chi connectivity index (χ3n) is 4.92. The summed E-state index contributed by atoms with van der Waals surface area (Å²) in [7, 11) is 0. The third-order valence-corrected chi connectivity index (χ3v) is 4.92. The first kappa shape index (κ1) is 18.4. The topological polar surface area (TPSA) is 55.4 Å². The third kappa shape index (κ3) is 3.94. The van der Waals surface area contributed by atoms with Crippen LogP contribution in [0.2, 0.25) is 0 Å². The average molecular weight is 335 g/mol. The zero-order valence-electron chi connectivity index (χ0n) is 14.4. The average Bonchev–Trinajstić information content (AvgIpc) is 3.08. The summed E-state index contributed by atoms with van der Waals surface area (Å²) in [5.41, 5.74) is -0.575. The number of ether oxygens (including phenoxy) is 1. The molecule has 4 nitrogen and oxygen atoms in total. The second kappa shape index (κ2) is 8.27. The lowest BCUT2D eigenvalue weighted by Crippen LogP contribution is -2.40. The number of halogens is 1. The normalized spacial score (nSPS) is 16.2. The van der Waals surface area contributed by atoms with E-state index in [-0.39, 0.29) is 18.6 Å². The molecule has 0 spiro atoms. The van der Waals surface area contributed by atoms with E-state index in [2.05, 4.69) is 5.32 Å². The number of nitrogens with one attached hydrogen (secondary N) is 1. The van der Waals surface area contributed by atoms with Gasteiger partial charge in [0.2, 0.25) is 0 Å². The molecule has 1 aromatic rings. The quantitative estimate of drug-likeness (QED) is 0.776. The first-order chi connectivity index (χ1) is 11.5. The van der Waals surface area contributed by atoms with Crippen LogP contribution in [0, 0.1) is 5.82 Å². The smallest absolute Gasteiger partial charge is 0.317 e. The van der Waals surface area contributed by atoms with Crippen LogP contribution in [-0.2, 0) is 19.7 Å². The molecule has 0 aliphatic heterocycles. The lowest BCUT2D eigenvalue weighted by atomic mass is 9.78. The molecule has 1 aliphatic carbocycles. The minimum Gasteiger partial charge on any atom is -0.455 e. The van der Waals surface area contributed by atoms with Crippen LogP contribution < -0.4 is 5.32 Å². The molecule has 1 aromatic carbocycles. The molecule has 1 fully saturated rings. The maximum Gasteiger partial charge on any atom is 0.317 e. The predicted octanol–water partition coefficient (Wildman–Crippen LogP) is 3.49. The summed E-state index contributed by atoms with van der Waals surface area (Å²) in [6.07, 6.45) is 4.47. The summed E-state index contributed by atoms with van der Waals surface area (Å²) in [6.45, 7) is 3.67. The van der Waals surface area contributed by atoms with E-state index in [1.807, 2.05) is 13.8 Å². The van der Waals surface area contributed by atoms with Gasteiger partial charge >= 0.3 is 5.97 Å². The van der Waals surface area contributed by atoms with Gasteiger partial charge in [0.15, 0.2) is 6.61 Å². The summed E-state index contributed by atoms with van der Waals surface area (Å²) in [4.78, 5) is 24.6. The Morgan fingerprint density at radius 2 is 1.83 bits per heavy atom. The number of hydrogen-bond donors (Lipinski definition) is 1. The van der Waals surface area contributed by atoms with Crippen LogP contribution in [-0.4, -0.2) is 24.5 Å². The van der Waals surface area contributed by atoms with Crippen molar-refractivity contribution in [2.75, 3.05) is 6.61 Å². The number of benzene rings is 1. The van der Waals surface area contributed by atoms with E-state index in [4.69, 9.17) is 4.74 Å². The fourth-order valence-corrected chi connectivity index (χ4v) is 3.44. The first-order valence-electron chi connectivity index (χ1n) is 8.75. The Bertz CT molecular complexity index is 578. The van der Waals surface area contributed by atoms with Gasteiger partial charge in [0.25, 0.3) is 5.91 Å². The van der Waals surface area contributed by atoms with Gasteiger partial charge in [0, 0.05) is 11.6 Å². The molecule has 24 heavy (non-hydrogen) atoms. The Labute approximate surface area is 142 Å². The maximum atomic E-state index is 14.2. The Balaban J connectivity index is 2.06. The van der Waals surface area contributed by atoms with E-state index < -0.39 is 17.2 Å². The molecule has 0 heterocycles. The Hall–Kier alpha value is -1.91. The second-order valence-electron chi connectivity index (χ2n) is 6.43. The van der Waals surface area contributed by atoms with Crippen LogP contribution in [0.5, 0.6) is 0 Å². The number of rotatable bonds is 7. The van der Waals surface area contributed by atoms with Crippen LogP contribution in [0.4, 0.5) is 4.39 Å². The van der Waals surface area contributed by atoms with E-state index in [1.54, 1.807) is 18.2 Å². The van der Waals surface area contributed by atoms with Crippen molar-refractivity contribution in [3.63, 3.8) is 0 Å². The lowest BCUT2D eigenvalue weighted by Gasteiger charge is -2.27. The number of amides is 1. The molecule has 0 bridgehead atoms. The highest BCUT2D eigenvalue weighted by Gasteiger charge is 2.45. The van der Waals surface area contributed by atoms with Crippen molar-refractivity contribution in [2.24, 2.45) is 0 Å². The molecule has 1 aliphatic rings. The van der Waals surface area contributed by atoms with Crippen LogP contribution in [0.25, 0.3) is 0 Å². The van der Waals surface area contributed by atoms with Gasteiger partial charge in [-0.3, -0.25) is 9.59 Å². The van der Waals surface area contributed by atoms with E-state index >= 15 is 0 Å². The molecule has 132 valence electrons. The Morgan fingerprint density at radius 1 is 1.21 bits per heavy atom. The number of carbonyl (C=O) groups excluding carboxylic acids is 2. The zero-order valence-corrected chi connectivity index (χ0v) is 14.4. The van der Waals surface area contributed by atoms with E-state index in [1.165, 1.54) is 6.07 Å². The van der Waals surface area contributed by atoms with Crippen molar-refractivity contribution >= 4 is 11.9 Å². The minimum absolute atomic E-state index is 0.0863. The summed E-state index contributed by atoms with van der Waals surface area (Å²) >= 11 is 0. The molecule has 1 saturated carbocycles. The number of esters is 1. The van der Waals surface area contributed by atoms with Crippen molar-refractivity contribution in [1.29, 1.82) is 0 Å². The standard InChI is InChI=1S/C19H26FNO3/c1-3-14(4-2)21-17(22)13-24-18(23)19(11-7-8-12-19)15-9-5-6-10-16(15)20/h5-6,9-10,14H,3-4,7-8,11-13H2,1-2H3,(H,21,22). The lowest BCUT2D eigenvalue weighted by molar-refractivity contribution is -0.154. The highest BCUT2D eigenvalue weighted by atomic mass is 19.1. The van der Waals surface area contributed by atoms with Gasteiger partial charge in [-0.05, 0) is 31.7 Å². The van der Waals surface area contributed by atoms with Gasteiger partial charge in [0.05, 0.1) is 5.41 Å². The maximum absolute atomic E-state index is 14.2. The van der Waals surface area contributed by atoms with Gasteiger partial charge in [-0.25, -0.2) is 4.39 Å². The molecule has 0 atom stereocenters. The largest absolute Gasteiger partial charge is 0.455 e. The van der Waals surface area contributed by atoms with E-state index in [9.17, 15) is 14.0 Å². The van der Waals surface area contributed by atoms with Gasteiger partial charge < -0.3 is 10.1 Å². The molecule has 0 radical (unpaired) electrons. The fraction of sp³-hybridized carbons (Fsp3) is 0.579. The Morgan fingerprint density at radius 3 is 2.42 bits per heavy atom. The van der Waals surface area contributed by atoms with Gasteiger partial charge in [-0.2, -0.15) is 0 Å². The first-order valence-corrected chi connectivity index (χ1v) is 8.75. The summed E-state index contributed by atoms with van der Waals surface area (Å²) in [5.74, 6) is -1.19. The molecule has 1 N–H and O–H groups in total. The van der Waals surface area contributed by atoms with Crippen molar-refractivity contribution in [3.05, 3.63) is 35.6 Å². The molecule has 0 aromatic heterocycles. The zero-order chi connectivity index (χ0) is 17.6.